The molecule has 1 aromatic heterocycles. The average Bonchev–Trinajstić information content (AvgIpc) is 3.35. The third kappa shape index (κ3) is 4.79. The van der Waals surface area contributed by atoms with Gasteiger partial charge in [0.05, 0.1) is 24.6 Å². The van der Waals surface area contributed by atoms with Crippen LogP contribution in [0, 0.1) is 0 Å². The third-order valence-electron chi connectivity index (χ3n) is 4.82. The number of rotatable bonds is 6. The second-order valence-electron chi connectivity index (χ2n) is 6.92. The van der Waals surface area contributed by atoms with Gasteiger partial charge >= 0.3 is 5.97 Å². The van der Waals surface area contributed by atoms with Crippen LogP contribution in [0.5, 0.6) is 0 Å². The van der Waals surface area contributed by atoms with Crippen molar-refractivity contribution in [3.05, 3.63) is 102 Å². The number of aromatic nitrogens is 2. The zero-order chi connectivity index (χ0) is 22.3. The number of ether oxygens (including phenoxy) is 1. The lowest BCUT2D eigenvalue weighted by molar-refractivity contribution is 0.0600. The lowest BCUT2D eigenvalue weighted by Crippen LogP contribution is -2.18. The molecule has 4 aromatic rings. The molecule has 158 valence electrons. The number of hydrazone groups is 1. The molecule has 3 aromatic carbocycles. The van der Waals surface area contributed by atoms with Gasteiger partial charge in [0, 0.05) is 5.56 Å². The zero-order valence-electron chi connectivity index (χ0n) is 17.3. The SMILES string of the molecule is COC(=O)c1ccc(C=NNC(=O)c2cc(-c3ccc(-c4ccccc4)cc3)n[nH]2)cc1. The molecule has 0 spiro atoms. The van der Waals surface area contributed by atoms with Gasteiger partial charge in [-0.25, -0.2) is 10.2 Å². The number of H-pyrrole nitrogens is 1. The summed E-state index contributed by atoms with van der Waals surface area (Å²) < 4.78 is 4.66. The van der Waals surface area contributed by atoms with Crippen LogP contribution < -0.4 is 5.43 Å². The number of amides is 1. The number of nitrogens with zero attached hydrogens (tertiary/aromatic N) is 2. The van der Waals surface area contributed by atoms with Crippen LogP contribution in [-0.2, 0) is 4.74 Å². The van der Waals surface area contributed by atoms with Gasteiger partial charge in [-0.3, -0.25) is 9.89 Å². The first-order valence-electron chi connectivity index (χ1n) is 9.87. The molecule has 0 aliphatic rings. The molecule has 4 rings (SSSR count). The lowest BCUT2D eigenvalue weighted by atomic mass is 10.0. The van der Waals surface area contributed by atoms with Gasteiger partial charge in [0.25, 0.3) is 5.91 Å². The number of hydrogen-bond acceptors (Lipinski definition) is 5. The Morgan fingerprint density at radius 3 is 2.25 bits per heavy atom. The summed E-state index contributed by atoms with van der Waals surface area (Å²) in [5.74, 6) is -0.821. The highest BCUT2D eigenvalue weighted by Gasteiger charge is 2.11. The highest BCUT2D eigenvalue weighted by molar-refractivity contribution is 5.94. The molecule has 0 aliphatic heterocycles. The van der Waals surface area contributed by atoms with Crippen molar-refractivity contribution < 1.29 is 14.3 Å². The van der Waals surface area contributed by atoms with Crippen LogP contribution in [0.2, 0.25) is 0 Å². The van der Waals surface area contributed by atoms with Crippen LogP contribution in [0.4, 0.5) is 0 Å². The summed E-state index contributed by atoms with van der Waals surface area (Å²) in [6, 6.07) is 26.4. The van der Waals surface area contributed by atoms with Crippen molar-refractivity contribution in [1.29, 1.82) is 0 Å². The van der Waals surface area contributed by atoms with Crippen LogP contribution in [0.15, 0.2) is 90.0 Å². The Morgan fingerprint density at radius 1 is 0.906 bits per heavy atom. The second kappa shape index (κ2) is 9.53. The summed E-state index contributed by atoms with van der Waals surface area (Å²) in [5.41, 5.74) is 7.73. The van der Waals surface area contributed by atoms with E-state index in [1.54, 1.807) is 30.3 Å². The van der Waals surface area contributed by atoms with Crippen molar-refractivity contribution in [3.63, 3.8) is 0 Å². The summed E-state index contributed by atoms with van der Waals surface area (Å²) in [6.07, 6.45) is 1.48. The van der Waals surface area contributed by atoms with Gasteiger partial charge in [0.15, 0.2) is 0 Å². The maximum absolute atomic E-state index is 12.3. The fourth-order valence-corrected chi connectivity index (χ4v) is 3.10. The van der Waals surface area contributed by atoms with Crippen LogP contribution in [-0.4, -0.2) is 35.4 Å². The zero-order valence-corrected chi connectivity index (χ0v) is 17.3. The minimum atomic E-state index is -0.411. The topological polar surface area (TPSA) is 96.4 Å². The lowest BCUT2D eigenvalue weighted by Gasteiger charge is -2.02. The van der Waals surface area contributed by atoms with Crippen LogP contribution >= 0.6 is 0 Å². The predicted octanol–water partition coefficient (Wildman–Crippen LogP) is 4.29. The molecule has 32 heavy (non-hydrogen) atoms. The molecule has 0 atom stereocenters. The number of benzene rings is 3. The van der Waals surface area contributed by atoms with Gasteiger partial charge < -0.3 is 4.74 Å². The first-order chi connectivity index (χ1) is 15.6. The molecular weight excluding hydrogens is 404 g/mol. The Hall–Kier alpha value is -4.52. The monoisotopic (exact) mass is 424 g/mol. The Labute approximate surface area is 184 Å². The van der Waals surface area contributed by atoms with Crippen LogP contribution in [0.25, 0.3) is 22.4 Å². The minimum absolute atomic E-state index is 0.297. The fourth-order valence-electron chi connectivity index (χ4n) is 3.10. The van der Waals surface area contributed by atoms with E-state index in [1.807, 2.05) is 42.5 Å². The predicted molar refractivity (Wildman–Crippen MR) is 122 cm³/mol. The molecule has 0 saturated heterocycles. The van der Waals surface area contributed by atoms with Crippen molar-refractivity contribution in [3.8, 4) is 22.4 Å². The van der Waals surface area contributed by atoms with Gasteiger partial charge in [-0.05, 0) is 34.9 Å². The number of hydrogen-bond donors (Lipinski definition) is 2. The summed E-state index contributed by atoms with van der Waals surface area (Å²) in [7, 11) is 1.33. The number of esters is 1. The van der Waals surface area contributed by atoms with Gasteiger partial charge in [-0.1, -0.05) is 66.7 Å². The number of nitrogens with one attached hydrogen (secondary N) is 2. The molecule has 0 bridgehead atoms. The van der Waals surface area contributed by atoms with E-state index in [0.717, 1.165) is 22.3 Å². The third-order valence-corrected chi connectivity index (χ3v) is 4.82. The Bertz CT molecular complexity index is 1240. The summed E-state index contributed by atoms with van der Waals surface area (Å²) in [6.45, 7) is 0. The summed E-state index contributed by atoms with van der Waals surface area (Å²) >= 11 is 0. The van der Waals surface area contributed by atoms with E-state index in [0.29, 0.717) is 17.0 Å². The normalized spacial score (nSPS) is 10.8. The second-order valence-corrected chi connectivity index (χ2v) is 6.92. The first-order valence-corrected chi connectivity index (χ1v) is 9.87. The minimum Gasteiger partial charge on any atom is -0.465 e. The van der Waals surface area contributed by atoms with Gasteiger partial charge in [-0.2, -0.15) is 10.2 Å². The van der Waals surface area contributed by atoms with E-state index in [4.69, 9.17) is 0 Å². The Kier molecular flexibility index (Phi) is 6.17. The number of carbonyl (C=O) groups excluding carboxylic acids is 2. The first kappa shape index (κ1) is 20.7. The molecule has 1 amide bonds. The van der Waals surface area contributed by atoms with Gasteiger partial charge in [-0.15, -0.1) is 0 Å². The molecule has 0 saturated carbocycles. The summed E-state index contributed by atoms with van der Waals surface area (Å²) in [4.78, 5) is 23.8. The molecule has 1 heterocycles. The number of methoxy groups -OCH3 is 1. The molecule has 7 heteroatoms. The van der Waals surface area contributed by atoms with E-state index < -0.39 is 11.9 Å². The standard InChI is InChI=1S/C25H20N4O3/c1-32-25(31)21-9-7-17(8-10-21)16-26-29-24(30)23-15-22(27-28-23)20-13-11-19(12-14-20)18-5-3-2-4-6-18/h2-16H,1H3,(H,27,28)(H,29,30). The maximum atomic E-state index is 12.3. The molecular formula is C25H20N4O3. The number of aromatic amines is 1. The quantitative estimate of drug-likeness (QED) is 0.274. The Balaban J connectivity index is 1.38. The van der Waals surface area contributed by atoms with Gasteiger partial charge in [0.1, 0.15) is 5.69 Å². The molecule has 7 nitrogen and oxygen atoms in total. The smallest absolute Gasteiger partial charge is 0.337 e. The van der Waals surface area contributed by atoms with E-state index in [2.05, 4.69) is 37.6 Å². The van der Waals surface area contributed by atoms with E-state index in [1.165, 1.54) is 13.3 Å². The Morgan fingerprint density at radius 2 is 1.56 bits per heavy atom. The highest BCUT2D eigenvalue weighted by atomic mass is 16.5. The van der Waals surface area contributed by atoms with Gasteiger partial charge in [0.2, 0.25) is 0 Å². The summed E-state index contributed by atoms with van der Waals surface area (Å²) in [5, 5.41) is 10.9. The largest absolute Gasteiger partial charge is 0.465 e. The van der Waals surface area contributed by atoms with E-state index >= 15 is 0 Å². The van der Waals surface area contributed by atoms with Crippen LogP contribution in [0.3, 0.4) is 0 Å². The van der Waals surface area contributed by atoms with Crippen molar-refractivity contribution in [2.75, 3.05) is 7.11 Å². The maximum Gasteiger partial charge on any atom is 0.337 e. The van der Waals surface area contributed by atoms with Crippen molar-refractivity contribution in [2.45, 2.75) is 0 Å². The molecule has 2 N–H and O–H groups in total. The van der Waals surface area contributed by atoms with Crippen LogP contribution in [0.1, 0.15) is 26.4 Å². The molecule has 0 fully saturated rings. The van der Waals surface area contributed by atoms with Crippen molar-refractivity contribution >= 4 is 18.1 Å². The molecule has 0 unspecified atom stereocenters. The highest BCUT2D eigenvalue weighted by Crippen LogP contribution is 2.24. The van der Waals surface area contributed by atoms with E-state index in [9.17, 15) is 9.59 Å². The average molecular weight is 424 g/mol. The fraction of sp³-hybridized carbons (Fsp3) is 0.0400. The number of carbonyl (C=O) groups is 2. The molecule has 0 aliphatic carbocycles. The van der Waals surface area contributed by atoms with Crippen molar-refractivity contribution in [2.24, 2.45) is 5.10 Å². The molecule has 0 radical (unpaired) electrons. The van der Waals surface area contributed by atoms with Crippen molar-refractivity contribution in [1.82, 2.24) is 15.6 Å². The van der Waals surface area contributed by atoms with E-state index in [-0.39, 0.29) is 0 Å².